The summed E-state index contributed by atoms with van der Waals surface area (Å²) in [6.45, 7) is 4.37. The van der Waals surface area contributed by atoms with Crippen LogP contribution in [0.2, 0.25) is 0 Å². The molecule has 2 N–H and O–H groups in total. The lowest BCUT2D eigenvalue weighted by molar-refractivity contribution is 0.267. The van der Waals surface area contributed by atoms with Gasteiger partial charge in [0.2, 0.25) is 0 Å². The molecule has 1 heterocycles. The number of rotatable bonds is 1. The Morgan fingerprint density at radius 1 is 1.43 bits per heavy atom. The standard InChI is InChI=1S/C12H19NO/c1-8-5-12(14-7-8)11-6-10(13)4-3-9(11)2/h5,7,9-11H,3-4,6,13H2,1-2H3. The third kappa shape index (κ3) is 1.85. The molecule has 78 valence electrons. The number of hydrogen-bond acceptors (Lipinski definition) is 2. The number of furan rings is 1. The summed E-state index contributed by atoms with van der Waals surface area (Å²) in [6.07, 6.45) is 5.30. The van der Waals surface area contributed by atoms with E-state index in [0.717, 1.165) is 18.6 Å². The van der Waals surface area contributed by atoms with Crippen LogP contribution in [0.5, 0.6) is 0 Å². The summed E-state index contributed by atoms with van der Waals surface area (Å²) < 4.78 is 5.57. The molecule has 2 heteroatoms. The molecule has 3 unspecified atom stereocenters. The van der Waals surface area contributed by atoms with Crippen molar-refractivity contribution in [2.75, 3.05) is 0 Å². The molecule has 1 aliphatic rings. The molecule has 0 saturated heterocycles. The van der Waals surface area contributed by atoms with Crippen LogP contribution in [0.25, 0.3) is 0 Å². The Labute approximate surface area is 85.5 Å². The first-order valence-corrected chi connectivity index (χ1v) is 5.47. The molecular formula is C12H19NO. The van der Waals surface area contributed by atoms with Crippen LogP contribution in [0.1, 0.15) is 43.4 Å². The van der Waals surface area contributed by atoms with Gasteiger partial charge in [0.25, 0.3) is 0 Å². The van der Waals surface area contributed by atoms with Crippen LogP contribution < -0.4 is 5.73 Å². The van der Waals surface area contributed by atoms with Gasteiger partial charge in [-0.2, -0.15) is 0 Å². The normalized spacial score (nSPS) is 33.2. The molecule has 0 radical (unpaired) electrons. The van der Waals surface area contributed by atoms with Crippen LogP contribution in [0.3, 0.4) is 0 Å². The summed E-state index contributed by atoms with van der Waals surface area (Å²) in [4.78, 5) is 0. The third-order valence-corrected chi connectivity index (χ3v) is 3.35. The highest BCUT2D eigenvalue weighted by molar-refractivity contribution is 5.16. The fraction of sp³-hybridized carbons (Fsp3) is 0.667. The Morgan fingerprint density at radius 3 is 2.86 bits per heavy atom. The number of nitrogens with two attached hydrogens (primary N) is 1. The summed E-state index contributed by atoms with van der Waals surface area (Å²) in [5, 5.41) is 0. The molecule has 2 rings (SSSR count). The van der Waals surface area contributed by atoms with E-state index in [9.17, 15) is 0 Å². The Bertz CT molecular complexity index is 305. The van der Waals surface area contributed by atoms with Crippen molar-refractivity contribution in [1.82, 2.24) is 0 Å². The van der Waals surface area contributed by atoms with E-state index >= 15 is 0 Å². The summed E-state index contributed by atoms with van der Waals surface area (Å²) in [5.41, 5.74) is 7.20. The van der Waals surface area contributed by atoms with E-state index in [2.05, 4.69) is 19.9 Å². The van der Waals surface area contributed by atoms with Crippen LogP contribution in [0.4, 0.5) is 0 Å². The van der Waals surface area contributed by atoms with Crippen molar-refractivity contribution < 1.29 is 4.42 Å². The van der Waals surface area contributed by atoms with Gasteiger partial charge in [0.15, 0.2) is 0 Å². The van der Waals surface area contributed by atoms with Crippen LogP contribution in [0.15, 0.2) is 16.7 Å². The highest BCUT2D eigenvalue weighted by atomic mass is 16.3. The smallest absolute Gasteiger partial charge is 0.107 e. The largest absolute Gasteiger partial charge is 0.469 e. The van der Waals surface area contributed by atoms with Crippen molar-refractivity contribution in [2.45, 2.75) is 45.1 Å². The van der Waals surface area contributed by atoms with Crippen molar-refractivity contribution in [3.63, 3.8) is 0 Å². The zero-order valence-electron chi connectivity index (χ0n) is 8.99. The fourth-order valence-corrected chi connectivity index (χ4v) is 2.40. The molecule has 1 aromatic rings. The maximum atomic E-state index is 5.99. The summed E-state index contributed by atoms with van der Waals surface area (Å²) in [6, 6.07) is 2.51. The van der Waals surface area contributed by atoms with Crippen molar-refractivity contribution >= 4 is 0 Å². The molecule has 1 fully saturated rings. The zero-order chi connectivity index (χ0) is 10.1. The SMILES string of the molecule is Cc1coc(C2CC(N)CCC2C)c1. The minimum absolute atomic E-state index is 0.363. The monoisotopic (exact) mass is 193 g/mol. The molecule has 0 aromatic carbocycles. The second-order valence-electron chi connectivity index (χ2n) is 4.68. The second-order valence-corrected chi connectivity index (χ2v) is 4.68. The van der Waals surface area contributed by atoms with Gasteiger partial charge in [0.1, 0.15) is 5.76 Å². The molecule has 3 atom stereocenters. The highest BCUT2D eigenvalue weighted by Crippen LogP contribution is 2.37. The first-order valence-electron chi connectivity index (χ1n) is 5.47. The molecular weight excluding hydrogens is 174 g/mol. The van der Waals surface area contributed by atoms with E-state index in [4.69, 9.17) is 10.2 Å². The maximum absolute atomic E-state index is 5.99. The molecule has 0 aliphatic heterocycles. The fourth-order valence-electron chi connectivity index (χ4n) is 2.40. The number of aryl methyl sites for hydroxylation is 1. The Balaban J connectivity index is 2.15. The van der Waals surface area contributed by atoms with Gasteiger partial charge in [-0.3, -0.25) is 0 Å². The van der Waals surface area contributed by atoms with Gasteiger partial charge in [-0.15, -0.1) is 0 Å². The van der Waals surface area contributed by atoms with Crippen molar-refractivity contribution in [3.05, 3.63) is 23.7 Å². The topological polar surface area (TPSA) is 39.2 Å². The molecule has 14 heavy (non-hydrogen) atoms. The van der Waals surface area contributed by atoms with Gasteiger partial charge >= 0.3 is 0 Å². The van der Waals surface area contributed by atoms with Crippen molar-refractivity contribution in [3.8, 4) is 0 Å². The van der Waals surface area contributed by atoms with Crippen molar-refractivity contribution in [2.24, 2.45) is 11.7 Å². The minimum atomic E-state index is 0.363. The van der Waals surface area contributed by atoms with Crippen molar-refractivity contribution in [1.29, 1.82) is 0 Å². The lowest BCUT2D eigenvalue weighted by Crippen LogP contribution is -2.30. The molecule has 0 amide bonds. The molecule has 2 nitrogen and oxygen atoms in total. The maximum Gasteiger partial charge on any atom is 0.107 e. The van der Waals surface area contributed by atoms with Gasteiger partial charge in [0, 0.05) is 12.0 Å². The number of hydrogen-bond donors (Lipinski definition) is 1. The predicted molar refractivity (Wildman–Crippen MR) is 57.2 cm³/mol. The van der Waals surface area contributed by atoms with E-state index in [1.807, 2.05) is 6.26 Å². The summed E-state index contributed by atoms with van der Waals surface area (Å²) >= 11 is 0. The average Bonchev–Trinajstić information content (AvgIpc) is 2.56. The summed E-state index contributed by atoms with van der Waals surface area (Å²) in [5.74, 6) is 2.37. The van der Waals surface area contributed by atoms with Crippen LogP contribution in [-0.4, -0.2) is 6.04 Å². The molecule has 1 aromatic heterocycles. The third-order valence-electron chi connectivity index (χ3n) is 3.35. The minimum Gasteiger partial charge on any atom is -0.469 e. The van der Waals surface area contributed by atoms with Gasteiger partial charge < -0.3 is 10.2 Å². The van der Waals surface area contributed by atoms with Gasteiger partial charge in [-0.25, -0.2) is 0 Å². The molecule has 1 aliphatic carbocycles. The van der Waals surface area contributed by atoms with Gasteiger partial charge in [-0.1, -0.05) is 6.92 Å². The van der Waals surface area contributed by atoms with Crippen LogP contribution >= 0.6 is 0 Å². The summed E-state index contributed by atoms with van der Waals surface area (Å²) in [7, 11) is 0. The molecule has 1 saturated carbocycles. The lowest BCUT2D eigenvalue weighted by Gasteiger charge is -2.31. The lowest BCUT2D eigenvalue weighted by atomic mass is 9.77. The van der Waals surface area contributed by atoms with Gasteiger partial charge in [0.05, 0.1) is 6.26 Å². The Kier molecular flexibility index (Phi) is 2.64. The zero-order valence-corrected chi connectivity index (χ0v) is 8.99. The quantitative estimate of drug-likeness (QED) is 0.745. The van der Waals surface area contributed by atoms with E-state index in [1.165, 1.54) is 12.0 Å². The van der Waals surface area contributed by atoms with E-state index in [1.54, 1.807) is 0 Å². The van der Waals surface area contributed by atoms with Crippen LogP contribution in [0, 0.1) is 12.8 Å². The predicted octanol–water partition coefficient (Wildman–Crippen LogP) is 2.82. The Morgan fingerprint density at radius 2 is 2.21 bits per heavy atom. The first kappa shape index (κ1) is 9.78. The molecule has 0 spiro atoms. The second kappa shape index (κ2) is 3.77. The van der Waals surface area contributed by atoms with Crippen LogP contribution in [-0.2, 0) is 0 Å². The first-order chi connectivity index (χ1) is 6.66. The van der Waals surface area contributed by atoms with E-state index in [0.29, 0.717) is 17.9 Å². The van der Waals surface area contributed by atoms with Gasteiger partial charge in [-0.05, 0) is 43.7 Å². The van der Waals surface area contributed by atoms with E-state index < -0.39 is 0 Å². The highest BCUT2D eigenvalue weighted by Gasteiger charge is 2.28. The van der Waals surface area contributed by atoms with E-state index in [-0.39, 0.29) is 0 Å². The average molecular weight is 193 g/mol. The Hall–Kier alpha value is -0.760. The molecule has 0 bridgehead atoms.